The maximum atomic E-state index is 5.68. The molecule has 0 bridgehead atoms. The monoisotopic (exact) mass is 191 g/mol. The average molecular weight is 191 g/mol. The van der Waals surface area contributed by atoms with Gasteiger partial charge in [-0.1, -0.05) is 37.3 Å². The minimum atomic E-state index is 0.0925. The van der Waals surface area contributed by atoms with Crippen LogP contribution in [0.15, 0.2) is 30.3 Å². The van der Waals surface area contributed by atoms with Gasteiger partial charge in [0.1, 0.15) is 6.23 Å². The van der Waals surface area contributed by atoms with Crippen molar-refractivity contribution in [3.63, 3.8) is 0 Å². The molecule has 1 saturated heterocycles. The van der Waals surface area contributed by atoms with Crippen molar-refractivity contribution in [3.05, 3.63) is 35.9 Å². The Hall–Kier alpha value is -0.860. The van der Waals surface area contributed by atoms with Crippen LogP contribution in [0.25, 0.3) is 0 Å². The van der Waals surface area contributed by atoms with E-state index in [1.165, 1.54) is 12.0 Å². The molecule has 2 rings (SSSR count). The lowest BCUT2D eigenvalue weighted by Gasteiger charge is -2.30. The molecule has 1 N–H and O–H groups in total. The van der Waals surface area contributed by atoms with Crippen LogP contribution < -0.4 is 5.32 Å². The van der Waals surface area contributed by atoms with E-state index in [0.29, 0.717) is 6.04 Å². The van der Waals surface area contributed by atoms with Crippen molar-refractivity contribution in [3.8, 4) is 0 Å². The van der Waals surface area contributed by atoms with Gasteiger partial charge in [0.25, 0.3) is 0 Å². The van der Waals surface area contributed by atoms with Crippen molar-refractivity contribution in [2.45, 2.75) is 32.0 Å². The van der Waals surface area contributed by atoms with Crippen molar-refractivity contribution in [2.24, 2.45) is 0 Å². The molecular formula is C12H17NO. The number of nitrogens with one attached hydrogen (secondary N) is 1. The molecule has 1 heterocycles. The third-order valence-corrected chi connectivity index (χ3v) is 2.73. The van der Waals surface area contributed by atoms with Gasteiger partial charge in [-0.05, 0) is 18.4 Å². The van der Waals surface area contributed by atoms with E-state index >= 15 is 0 Å². The summed E-state index contributed by atoms with van der Waals surface area (Å²) in [7, 11) is 0. The van der Waals surface area contributed by atoms with Gasteiger partial charge in [0.05, 0.1) is 6.61 Å². The highest BCUT2D eigenvalue weighted by Crippen LogP contribution is 2.20. The molecule has 2 nitrogen and oxygen atoms in total. The number of ether oxygens (including phenoxy) is 1. The molecule has 14 heavy (non-hydrogen) atoms. The fourth-order valence-electron chi connectivity index (χ4n) is 1.82. The van der Waals surface area contributed by atoms with Gasteiger partial charge in [-0.3, -0.25) is 5.32 Å². The van der Waals surface area contributed by atoms with Crippen LogP contribution in [0.2, 0.25) is 0 Å². The van der Waals surface area contributed by atoms with Crippen LogP contribution in [0, 0.1) is 0 Å². The maximum Gasteiger partial charge on any atom is 0.134 e. The van der Waals surface area contributed by atoms with Crippen molar-refractivity contribution in [1.29, 1.82) is 0 Å². The van der Waals surface area contributed by atoms with Crippen LogP contribution in [-0.2, 0) is 4.74 Å². The molecular weight excluding hydrogens is 174 g/mol. The summed E-state index contributed by atoms with van der Waals surface area (Å²) in [5.74, 6) is 0. The summed E-state index contributed by atoms with van der Waals surface area (Å²) < 4.78 is 5.68. The molecule has 0 spiro atoms. The number of hydrogen-bond acceptors (Lipinski definition) is 2. The first-order valence-electron chi connectivity index (χ1n) is 5.32. The van der Waals surface area contributed by atoms with Crippen molar-refractivity contribution < 1.29 is 4.74 Å². The predicted octanol–water partition coefficient (Wildman–Crippen LogP) is 2.47. The molecule has 0 radical (unpaired) electrons. The molecule has 1 aliphatic heterocycles. The molecule has 1 fully saturated rings. The highest BCUT2D eigenvalue weighted by atomic mass is 16.5. The normalized spacial score (nSPS) is 27.5. The molecule has 0 aliphatic carbocycles. The van der Waals surface area contributed by atoms with E-state index in [1.807, 2.05) is 6.07 Å². The van der Waals surface area contributed by atoms with Crippen LogP contribution in [0.3, 0.4) is 0 Å². The van der Waals surface area contributed by atoms with Gasteiger partial charge in [-0.2, -0.15) is 0 Å². The highest BCUT2D eigenvalue weighted by molar-refractivity contribution is 5.17. The molecule has 2 heteroatoms. The quantitative estimate of drug-likeness (QED) is 0.775. The summed E-state index contributed by atoms with van der Waals surface area (Å²) in [5.41, 5.74) is 1.23. The standard InChI is InChI=1S/C12H17NO/c1-2-11-8-9-14-12(13-11)10-6-4-3-5-7-10/h3-7,11-13H,2,8-9H2,1H3/t11-,12-/m0/s1. The van der Waals surface area contributed by atoms with Crippen molar-refractivity contribution >= 4 is 0 Å². The second-order valence-electron chi connectivity index (χ2n) is 3.72. The van der Waals surface area contributed by atoms with Gasteiger partial charge >= 0.3 is 0 Å². The van der Waals surface area contributed by atoms with Gasteiger partial charge in [-0.25, -0.2) is 0 Å². The Morgan fingerprint density at radius 2 is 2.14 bits per heavy atom. The zero-order valence-corrected chi connectivity index (χ0v) is 8.57. The van der Waals surface area contributed by atoms with Crippen LogP contribution in [0.4, 0.5) is 0 Å². The van der Waals surface area contributed by atoms with E-state index in [1.54, 1.807) is 0 Å². The average Bonchev–Trinajstić information content (AvgIpc) is 2.30. The Morgan fingerprint density at radius 1 is 1.36 bits per heavy atom. The van der Waals surface area contributed by atoms with Crippen LogP contribution in [0.1, 0.15) is 31.6 Å². The number of benzene rings is 1. The van der Waals surface area contributed by atoms with Crippen molar-refractivity contribution in [2.75, 3.05) is 6.61 Å². The summed E-state index contributed by atoms with van der Waals surface area (Å²) in [6.07, 6.45) is 2.39. The molecule has 0 aromatic heterocycles. The van der Waals surface area contributed by atoms with Gasteiger partial charge in [0.15, 0.2) is 0 Å². The van der Waals surface area contributed by atoms with E-state index in [0.717, 1.165) is 13.0 Å². The highest BCUT2D eigenvalue weighted by Gasteiger charge is 2.20. The molecule has 1 aromatic carbocycles. The maximum absolute atomic E-state index is 5.68. The Balaban J connectivity index is 2.04. The predicted molar refractivity (Wildman–Crippen MR) is 57.0 cm³/mol. The zero-order chi connectivity index (χ0) is 9.80. The largest absolute Gasteiger partial charge is 0.359 e. The number of rotatable bonds is 2. The van der Waals surface area contributed by atoms with Crippen LogP contribution in [-0.4, -0.2) is 12.6 Å². The van der Waals surface area contributed by atoms with Gasteiger partial charge in [0.2, 0.25) is 0 Å². The zero-order valence-electron chi connectivity index (χ0n) is 8.57. The molecule has 1 aromatic rings. The van der Waals surface area contributed by atoms with E-state index < -0.39 is 0 Å². The summed E-state index contributed by atoms with van der Waals surface area (Å²) >= 11 is 0. The Labute approximate surface area is 85.3 Å². The summed E-state index contributed by atoms with van der Waals surface area (Å²) in [6, 6.07) is 11.0. The first kappa shape index (κ1) is 9.69. The van der Waals surface area contributed by atoms with Gasteiger partial charge < -0.3 is 4.74 Å². The minimum Gasteiger partial charge on any atom is -0.359 e. The van der Waals surface area contributed by atoms with E-state index in [4.69, 9.17) is 4.74 Å². The Kier molecular flexibility index (Phi) is 3.17. The van der Waals surface area contributed by atoms with Crippen molar-refractivity contribution in [1.82, 2.24) is 5.32 Å². The fourth-order valence-corrected chi connectivity index (χ4v) is 1.82. The van der Waals surface area contributed by atoms with E-state index in [2.05, 4.69) is 36.5 Å². The molecule has 76 valence electrons. The van der Waals surface area contributed by atoms with E-state index in [-0.39, 0.29) is 6.23 Å². The molecule has 0 saturated carbocycles. The number of hydrogen-bond donors (Lipinski definition) is 1. The Morgan fingerprint density at radius 3 is 2.86 bits per heavy atom. The Bertz CT molecular complexity index is 273. The van der Waals surface area contributed by atoms with Crippen LogP contribution >= 0.6 is 0 Å². The first-order chi connectivity index (χ1) is 6.90. The van der Waals surface area contributed by atoms with Crippen LogP contribution in [0.5, 0.6) is 0 Å². The lowest BCUT2D eigenvalue weighted by Crippen LogP contribution is -2.39. The van der Waals surface area contributed by atoms with Gasteiger partial charge in [-0.15, -0.1) is 0 Å². The third kappa shape index (κ3) is 2.14. The summed E-state index contributed by atoms with van der Waals surface area (Å²) in [5, 5.41) is 3.50. The minimum absolute atomic E-state index is 0.0925. The third-order valence-electron chi connectivity index (χ3n) is 2.73. The molecule has 2 atom stereocenters. The van der Waals surface area contributed by atoms with E-state index in [9.17, 15) is 0 Å². The summed E-state index contributed by atoms with van der Waals surface area (Å²) in [6.45, 7) is 3.08. The summed E-state index contributed by atoms with van der Waals surface area (Å²) in [4.78, 5) is 0. The second kappa shape index (κ2) is 4.58. The molecule has 0 unspecified atom stereocenters. The smallest absolute Gasteiger partial charge is 0.134 e. The second-order valence-corrected chi connectivity index (χ2v) is 3.72. The fraction of sp³-hybridized carbons (Fsp3) is 0.500. The molecule has 1 aliphatic rings. The SMILES string of the molecule is CC[C@H]1CCO[C@@H](c2ccccc2)N1. The molecule has 0 amide bonds. The topological polar surface area (TPSA) is 21.3 Å². The van der Waals surface area contributed by atoms with Gasteiger partial charge in [0, 0.05) is 6.04 Å². The first-order valence-corrected chi connectivity index (χ1v) is 5.32. The lowest BCUT2D eigenvalue weighted by molar-refractivity contribution is -0.0205. The lowest BCUT2D eigenvalue weighted by atomic mass is 10.1.